The number of nitrogens with one attached hydrogen (secondary N) is 1. The number of carbonyl (C=O) groups is 1. The van der Waals surface area contributed by atoms with Crippen molar-refractivity contribution in [1.82, 2.24) is 20.1 Å². The van der Waals surface area contributed by atoms with Crippen LogP contribution in [0.2, 0.25) is 5.02 Å². The molecule has 0 radical (unpaired) electrons. The molecule has 1 aromatic carbocycles. The molecule has 2 rings (SSSR count). The number of halogens is 1. The SMILES string of the molecule is C[C@H](Cn1cncn1)NC(=O)C(C)(C)Oc1cccc(Cl)c1. The predicted octanol–water partition coefficient (Wildman–Crippen LogP) is 2.29. The summed E-state index contributed by atoms with van der Waals surface area (Å²) < 4.78 is 7.41. The Morgan fingerprint density at radius 3 is 2.91 bits per heavy atom. The second-order valence-electron chi connectivity index (χ2n) is 5.56. The molecule has 0 fully saturated rings. The Labute approximate surface area is 134 Å². The molecule has 1 amide bonds. The summed E-state index contributed by atoms with van der Waals surface area (Å²) in [4.78, 5) is 16.2. The van der Waals surface area contributed by atoms with E-state index in [1.807, 2.05) is 6.92 Å². The van der Waals surface area contributed by atoms with Crippen LogP contribution >= 0.6 is 11.6 Å². The maximum atomic E-state index is 12.4. The highest BCUT2D eigenvalue weighted by molar-refractivity contribution is 6.30. The summed E-state index contributed by atoms with van der Waals surface area (Å²) in [5.41, 5.74) is -1.01. The number of nitrogens with zero attached hydrogens (tertiary/aromatic N) is 3. The van der Waals surface area contributed by atoms with Gasteiger partial charge in [-0.1, -0.05) is 17.7 Å². The minimum absolute atomic E-state index is 0.101. The lowest BCUT2D eigenvalue weighted by atomic mass is 10.1. The van der Waals surface area contributed by atoms with E-state index in [4.69, 9.17) is 16.3 Å². The van der Waals surface area contributed by atoms with Crippen LogP contribution in [0, 0.1) is 0 Å². The molecule has 1 atom stereocenters. The van der Waals surface area contributed by atoms with E-state index in [9.17, 15) is 4.79 Å². The first-order valence-corrected chi connectivity index (χ1v) is 7.32. The van der Waals surface area contributed by atoms with Crippen molar-refractivity contribution in [3.63, 3.8) is 0 Å². The normalized spacial score (nSPS) is 12.7. The number of aromatic nitrogens is 3. The average molecular weight is 323 g/mol. The molecule has 0 spiro atoms. The Morgan fingerprint density at radius 1 is 1.50 bits per heavy atom. The Hall–Kier alpha value is -2.08. The van der Waals surface area contributed by atoms with Crippen molar-refractivity contribution in [2.24, 2.45) is 0 Å². The summed E-state index contributed by atoms with van der Waals surface area (Å²) in [6.07, 6.45) is 3.07. The van der Waals surface area contributed by atoms with Crippen molar-refractivity contribution in [1.29, 1.82) is 0 Å². The van der Waals surface area contributed by atoms with Crippen molar-refractivity contribution in [2.45, 2.75) is 39.0 Å². The number of hydrogen-bond donors (Lipinski definition) is 1. The second kappa shape index (κ2) is 6.79. The first-order valence-electron chi connectivity index (χ1n) is 6.95. The fraction of sp³-hybridized carbons (Fsp3) is 0.400. The molecule has 118 valence electrons. The Kier molecular flexibility index (Phi) is 5.03. The van der Waals surface area contributed by atoms with E-state index in [1.165, 1.54) is 6.33 Å². The highest BCUT2D eigenvalue weighted by Crippen LogP contribution is 2.22. The number of hydrogen-bond acceptors (Lipinski definition) is 4. The van der Waals surface area contributed by atoms with Gasteiger partial charge in [-0.05, 0) is 39.0 Å². The summed E-state index contributed by atoms with van der Waals surface area (Å²) in [5.74, 6) is 0.344. The standard InChI is InChI=1S/C15H19ClN4O2/c1-11(8-20-10-17-9-18-20)19-14(21)15(2,3)22-13-6-4-5-12(16)7-13/h4-7,9-11H,8H2,1-3H3,(H,19,21)/t11-/m1/s1. The number of amides is 1. The Bertz CT molecular complexity index is 628. The van der Waals surface area contributed by atoms with Gasteiger partial charge in [-0.2, -0.15) is 5.10 Å². The molecule has 0 aliphatic rings. The van der Waals surface area contributed by atoms with Gasteiger partial charge in [-0.15, -0.1) is 0 Å². The lowest BCUT2D eigenvalue weighted by Gasteiger charge is -2.27. The van der Waals surface area contributed by atoms with E-state index in [0.29, 0.717) is 17.3 Å². The van der Waals surface area contributed by atoms with Gasteiger partial charge in [0.05, 0.1) is 6.54 Å². The largest absolute Gasteiger partial charge is 0.478 e. The first-order chi connectivity index (χ1) is 10.4. The molecular weight excluding hydrogens is 304 g/mol. The van der Waals surface area contributed by atoms with Gasteiger partial charge in [-0.3, -0.25) is 9.48 Å². The molecule has 0 aliphatic heterocycles. The molecule has 1 aromatic heterocycles. The maximum Gasteiger partial charge on any atom is 0.263 e. The molecule has 0 saturated carbocycles. The Balaban J connectivity index is 1.94. The van der Waals surface area contributed by atoms with Crippen LogP contribution in [0.25, 0.3) is 0 Å². The lowest BCUT2D eigenvalue weighted by Crippen LogP contribution is -2.50. The van der Waals surface area contributed by atoms with E-state index in [2.05, 4.69) is 15.4 Å². The highest BCUT2D eigenvalue weighted by Gasteiger charge is 2.31. The number of ether oxygens (including phenoxy) is 1. The molecule has 1 N–H and O–H groups in total. The molecule has 0 bridgehead atoms. The topological polar surface area (TPSA) is 69.0 Å². The van der Waals surface area contributed by atoms with Crippen molar-refractivity contribution in [3.05, 3.63) is 41.9 Å². The summed E-state index contributed by atoms with van der Waals surface area (Å²) in [6.45, 7) is 5.87. The van der Waals surface area contributed by atoms with E-state index in [0.717, 1.165) is 0 Å². The minimum atomic E-state index is -1.01. The van der Waals surface area contributed by atoms with E-state index >= 15 is 0 Å². The average Bonchev–Trinajstić information content (AvgIpc) is 2.90. The third kappa shape index (κ3) is 4.46. The van der Waals surface area contributed by atoms with Crippen LogP contribution in [0.15, 0.2) is 36.9 Å². The number of rotatable bonds is 6. The van der Waals surface area contributed by atoms with Gasteiger partial charge >= 0.3 is 0 Å². The van der Waals surface area contributed by atoms with Crippen molar-refractivity contribution in [2.75, 3.05) is 0 Å². The van der Waals surface area contributed by atoms with Crippen LogP contribution in [-0.2, 0) is 11.3 Å². The van der Waals surface area contributed by atoms with Gasteiger partial charge in [0.15, 0.2) is 5.60 Å². The summed E-state index contributed by atoms with van der Waals surface area (Å²) in [5, 5.41) is 7.48. The monoisotopic (exact) mass is 322 g/mol. The van der Waals surface area contributed by atoms with Crippen molar-refractivity contribution >= 4 is 17.5 Å². The zero-order valence-electron chi connectivity index (χ0n) is 12.8. The van der Waals surface area contributed by atoms with Crippen LogP contribution in [0.5, 0.6) is 5.75 Å². The van der Waals surface area contributed by atoms with E-state index in [1.54, 1.807) is 49.1 Å². The molecular formula is C15H19ClN4O2. The molecule has 0 saturated heterocycles. The van der Waals surface area contributed by atoms with Crippen LogP contribution in [0.1, 0.15) is 20.8 Å². The summed E-state index contributed by atoms with van der Waals surface area (Å²) in [6, 6.07) is 6.87. The van der Waals surface area contributed by atoms with Crippen LogP contribution < -0.4 is 10.1 Å². The Morgan fingerprint density at radius 2 is 2.27 bits per heavy atom. The van der Waals surface area contributed by atoms with Gasteiger partial charge in [0, 0.05) is 11.1 Å². The molecule has 0 unspecified atom stereocenters. The first kappa shape index (κ1) is 16.3. The van der Waals surface area contributed by atoms with Gasteiger partial charge in [0.1, 0.15) is 18.4 Å². The molecule has 0 aliphatic carbocycles. The quantitative estimate of drug-likeness (QED) is 0.886. The van der Waals surface area contributed by atoms with Gasteiger partial charge in [0.2, 0.25) is 0 Å². The fourth-order valence-corrected chi connectivity index (χ4v) is 2.10. The molecule has 7 heteroatoms. The molecule has 22 heavy (non-hydrogen) atoms. The lowest BCUT2D eigenvalue weighted by molar-refractivity contribution is -0.134. The van der Waals surface area contributed by atoms with E-state index < -0.39 is 5.60 Å². The highest BCUT2D eigenvalue weighted by atomic mass is 35.5. The third-order valence-electron chi connectivity index (χ3n) is 3.02. The van der Waals surface area contributed by atoms with Gasteiger partial charge < -0.3 is 10.1 Å². The number of benzene rings is 1. The predicted molar refractivity (Wildman–Crippen MR) is 83.8 cm³/mol. The maximum absolute atomic E-state index is 12.4. The van der Waals surface area contributed by atoms with E-state index in [-0.39, 0.29) is 11.9 Å². The zero-order valence-corrected chi connectivity index (χ0v) is 13.5. The van der Waals surface area contributed by atoms with Crippen LogP contribution in [-0.4, -0.2) is 32.3 Å². The molecule has 6 nitrogen and oxygen atoms in total. The fourth-order valence-electron chi connectivity index (χ4n) is 1.92. The van der Waals surface area contributed by atoms with Gasteiger partial charge in [-0.25, -0.2) is 4.98 Å². The third-order valence-corrected chi connectivity index (χ3v) is 3.26. The summed E-state index contributed by atoms with van der Waals surface area (Å²) in [7, 11) is 0. The minimum Gasteiger partial charge on any atom is -0.478 e. The van der Waals surface area contributed by atoms with Gasteiger partial charge in [0.25, 0.3) is 5.91 Å². The summed E-state index contributed by atoms with van der Waals surface area (Å²) >= 11 is 5.92. The number of carbonyl (C=O) groups excluding carboxylic acids is 1. The smallest absolute Gasteiger partial charge is 0.263 e. The van der Waals surface area contributed by atoms with Crippen LogP contribution in [0.4, 0.5) is 0 Å². The van der Waals surface area contributed by atoms with Crippen molar-refractivity contribution < 1.29 is 9.53 Å². The second-order valence-corrected chi connectivity index (χ2v) is 6.00. The zero-order chi connectivity index (χ0) is 16.2. The van der Waals surface area contributed by atoms with Crippen LogP contribution in [0.3, 0.4) is 0 Å². The van der Waals surface area contributed by atoms with Crippen molar-refractivity contribution in [3.8, 4) is 5.75 Å². The molecule has 2 aromatic rings. The molecule has 1 heterocycles.